The Morgan fingerprint density at radius 3 is 1.20 bits per heavy atom. The number of nitrogens with zero attached hydrogens (tertiary/aromatic N) is 1. The Morgan fingerprint density at radius 2 is 0.812 bits per heavy atom. The zero-order valence-corrected chi connectivity index (χ0v) is 47.2. The first-order valence-corrected chi connectivity index (χ1v) is 31.0. The van der Waals surface area contributed by atoms with Crippen LogP contribution in [0.1, 0.15) is 290 Å². The summed E-state index contributed by atoms with van der Waals surface area (Å²) in [6.07, 6.45) is 61.2. The topological polar surface area (TPSA) is 111 Å². The van der Waals surface area contributed by atoms with Crippen LogP contribution in [0.5, 0.6) is 0 Å². The summed E-state index contributed by atoms with van der Waals surface area (Å²) in [5, 5.41) is 0. The Morgan fingerprint density at radius 1 is 0.449 bits per heavy atom. The molecular formula is C59H114NO8P. The second-order valence-electron chi connectivity index (χ2n) is 21.4. The van der Waals surface area contributed by atoms with Gasteiger partial charge in [0.2, 0.25) is 0 Å². The Hall–Kier alpha value is -1.51. The van der Waals surface area contributed by atoms with Gasteiger partial charge >= 0.3 is 11.9 Å². The molecule has 0 aliphatic heterocycles. The van der Waals surface area contributed by atoms with Gasteiger partial charge in [0.25, 0.3) is 7.82 Å². The molecule has 0 rings (SSSR count). The number of phosphoric ester groups is 1. The summed E-state index contributed by atoms with van der Waals surface area (Å²) in [5.74, 6) is -0.837. The van der Waals surface area contributed by atoms with Crippen molar-refractivity contribution >= 4 is 19.8 Å². The molecule has 0 amide bonds. The van der Waals surface area contributed by atoms with Gasteiger partial charge in [-0.3, -0.25) is 14.2 Å². The van der Waals surface area contributed by atoms with Gasteiger partial charge in [0.05, 0.1) is 27.7 Å². The fourth-order valence-corrected chi connectivity index (χ4v) is 9.37. The lowest BCUT2D eigenvalue weighted by atomic mass is 10.0. The molecule has 9 nitrogen and oxygen atoms in total. The second kappa shape index (κ2) is 51.4. The molecule has 0 aliphatic carbocycles. The number of ether oxygens (including phenoxy) is 2. The van der Waals surface area contributed by atoms with Crippen molar-refractivity contribution in [1.82, 2.24) is 0 Å². The van der Waals surface area contributed by atoms with Gasteiger partial charge in [-0.2, -0.15) is 0 Å². The van der Waals surface area contributed by atoms with Gasteiger partial charge < -0.3 is 27.9 Å². The molecule has 408 valence electrons. The Bertz CT molecular complexity index is 1220. The van der Waals surface area contributed by atoms with Crippen molar-refractivity contribution in [3.8, 4) is 0 Å². The van der Waals surface area contributed by atoms with Crippen molar-refractivity contribution in [3.63, 3.8) is 0 Å². The highest BCUT2D eigenvalue weighted by Gasteiger charge is 2.22. The van der Waals surface area contributed by atoms with Crippen LogP contribution < -0.4 is 4.89 Å². The van der Waals surface area contributed by atoms with E-state index >= 15 is 0 Å². The zero-order valence-electron chi connectivity index (χ0n) is 46.3. The molecule has 10 heteroatoms. The number of rotatable bonds is 55. The van der Waals surface area contributed by atoms with E-state index in [9.17, 15) is 19.0 Å². The Kier molecular flexibility index (Phi) is 50.3. The van der Waals surface area contributed by atoms with E-state index < -0.39 is 26.5 Å². The molecule has 0 fully saturated rings. The normalized spacial score (nSPS) is 13.4. The van der Waals surface area contributed by atoms with Gasteiger partial charge in [-0.15, -0.1) is 0 Å². The highest BCUT2D eigenvalue weighted by atomic mass is 31.2. The van der Waals surface area contributed by atoms with Gasteiger partial charge in [0.15, 0.2) is 6.10 Å². The Balaban J connectivity index is 3.94. The number of likely N-dealkylation sites (N-methyl/N-ethyl adjacent to an activating group) is 1. The molecule has 0 N–H and O–H groups in total. The first-order valence-electron chi connectivity index (χ1n) is 29.5. The maximum absolute atomic E-state index is 12.7. The van der Waals surface area contributed by atoms with Crippen LogP contribution in [0.3, 0.4) is 0 Å². The fourth-order valence-electron chi connectivity index (χ4n) is 8.64. The van der Waals surface area contributed by atoms with Gasteiger partial charge in [-0.1, -0.05) is 263 Å². The van der Waals surface area contributed by atoms with E-state index in [0.717, 1.165) is 64.2 Å². The predicted molar refractivity (Wildman–Crippen MR) is 291 cm³/mol. The van der Waals surface area contributed by atoms with E-state index in [1.807, 2.05) is 21.1 Å². The van der Waals surface area contributed by atoms with E-state index in [-0.39, 0.29) is 32.0 Å². The zero-order chi connectivity index (χ0) is 50.6. The molecule has 0 aromatic rings. The van der Waals surface area contributed by atoms with Crippen molar-refractivity contribution in [1.29, 1.82) is 0 Å². The fraction of sp³-hybridized carbons (Fsp3) is 0.898. The molecule has 0 saturated heterocycles. The van der Waals surface area contributed by atoms with Crippen molar-refractivity contribution in [3.05, 3.63) is 24.3 Å². The lowest BCUT2D eigenvalue weighted by molar-refractivity contribution is -0.870. The smallest absolute Gasteiger partial charge is 0.306 e. The molecule has 0 radical (unpaired) electrons. The summed E-state index contributed by atoms with van der Waals surface area (Å²) >= 11 is 0. The summed E-state index contributed by atoms with van der Waals surface area (Å²) in [6.45, 7) is 4.19. The standard InChI is InChI=1S/C59H114NO8P/c1-6-8-10-12-14-16-18-20-21-22-23-24-25-26-27-28-29-30-31-32-33-34-35-36-37-38-40-41-43-45-47-49-51-58(61)65-55-57(56-67-69(63,64)66-54-53-60(3,4)5)68-59(62)52-50-48-46-44-42-39-19-17-15-13-11-9-7-2/h11,13,17,19,57H,6-10,12,14-16,18,20-56H2,1-5H3/b13-11-,19-17-. The van der Waals surface area contributed by atoms with Crippen LogP contribution in [0.4, 0.5) is 0 Å². The molecule has 2 atom stereocenters. The number of hydrogen-bond acceptors (Lipinski definition) is 8. The third-order valence-corrected chi connectivity index (χ3v) is 14.2. The van der Waals surface area contributed by atoms with E-state index in [2.05, 4.69) is 38.2 Å². The Labute approximate surface area is 428 Å². The van der Waals surface area contributed by atoms with E-state index in [1.165, 1.54) is 193 Å². The van der Waals surface area contributed by atoms with Crippen LogP contribution in [-0.2, 0) is 32.7 Å². The molecule has 0 aromatic heterocycles. The molecule has 0 spiro atoms. The summed E-state index contributed by atoms with van der Waals surface area (Å²) < 4.78 is 34.1. The molecule has 0 heterocycles. The number of phosphoric acid groups is 1. The quantitative estimate of drug-likeness (QED) is 0.0195. The molecule has 0 saturated carbocycles. The van der Waals surface area contributed by atoms with Crippen molar-refractivity contribution in [2.24, 2.45) is 0 Å². The number of hydrogen-bond donors (Lipinski definition) is 0. The number of carbonyl (C=O) groups is 2. The highest BCUT2D eigenvalue weighted by Crippen LogP contribution is 2.38. The number of unbranched alkanes of at least 4 members (excludes halogenated alkanes) is 37. The molecule has 2 unspecified atom stereocenters. The third kappa shape index (κ3) is 55.7. The number of carbonyl (C=O) groups excluding carboxylic acids is 2. The van der Waals surface area contributed by atoms with Crippen LogP contribution in [0.15, 0.2) is 24.3 Å². The SMILES string of the molecule is CCC/C=C\C/C=C\CCCCCCCC(=O)OC(COC(=O)CCCCCCCCCCCCCCCCCCCCCCCCCCCCCCCCCC)COP(=O)([O-])OCC[N+](C)(C)C. The van der Waals surface area contributed by atoms with Crippen LogP contribution in [0, 0.1) is 0 Å². The first kappa shape index (κ1) is 67.5. The summed E-state index contributed by atoms with van der Waals surface area (Å²) in [6, 6.07) is 0. The predicted octanol–water partition coefficient (Wildman–Crippen LogP) is 17.6. The van der Waals surface area contributed by atoms with Crippen LogP contribution in [-0.4, -0.2) is 70.0 Å². The van der Waals surface area contributed by atoms with E-state index in [0.29, 0.717) is 17.4 Å². The number of quaternary nitrogens is 1. The average Bonchev–Trinajstić information content (AvgIpc) is 3.31. The first-order chi connectivity index (χ1) is 33.5. The summed E-state index contributed by atoms with van der Waals surface area (Å²) in [4.78, 5) is 37.7. The van der Waals surface area contributed by atoms with Gasteiger partial charge in [0.1, 0.15) is 19.8 Å². The monoisotopic (exact) mass is 996 g/mol. The lowest BCUT2D eigenvalue weighted by Crippen LogP contribution is -2.37. The van der Waals surface area contributed by atoms with Gasteiger partial charge in [0, 0.05) is 12.8 Å². The lowest BCUT2D eigenvalue weighted by Gasteiger charge is -2.28. The second-order valence-corrected chi connectivity index (χ2v) is 22.8. The van der Waals surface area contributed by atoms with Crippen LogP contribution in [0.2, 0.25) is 0 Å². The van der Waals surface area contributed by atoms with Crippen LogP contribution >= 0.6 is 7.82 Å². The van der Waals surface area contributed by atoms with Crippen molar-refractivity contribution in [2.45, 2.75) is 296 Å². The van der Waals surface area contributed by atoms with Crippen molar-refractivity contribution in [2.75, 3.05) is 47.5 Å². The third-order valence-electron chi connectivity index (χ3n) is 13.2. The van der Waals surface area contributed by atoms with Gasteiger partial charge in [-0.25, -0.2) is 0 Å². The summed E-state index contributed by atoms with van der Waals surface area (Å²) in [7, 11) is 1.17. The number of allylic oxidation sites excluding steroid dienone is 4. The van der Waals surface area contributed by atoms with E-state index in [4.69, 9.17) is 18.5 Å². The van der Waals surface area contributed by atoms with E-state index in [1.54, 1.807) is 0 Å². The van der Waals surface area contributed by atoms with Gasteiger partial charge in [-0.05, 0) is 38.5 Å². The minimum Gasteiger partial charge on any atom is -0.756 e. The molecular weight excluding hydrogens is 882 g/mol. The largest absolute Gasteiger partial charge is 0.756 e. The maximum atomic E-state index is 12.7. The number of esters is 2. The summed E-state index contributed by atoms with van der Waals surface area (Å²) in [5.41, 5.74) is 0. The highest BCUT2D eigenvalue weighted by molar-refractivity contribution is 7.45. The average molecular weight is 997 g/mol. The molecule has 0 bridgehead atoms. The van der Waals surface area contributed by atoms with Crippen LogP contribution in [0.25, 0.3) is 0 Å². The maximum Gasteiger partial charge on any atom is 0.306 e. The minimum absolute atomic E-state index is 0.0316. The molecule has 0 aliphatic rings. The molecule has 69 heavy (non-hydrogen) atoms. The van der Waals surface area contributed by atoms with Crippen molar-refractivity contribution < 1.29 is 42.1 Å². The molecule has 0 aromatic carbocycles. The minimum atomic E-state index is -4.63.